The maximum absolute atomic E-state index is 13.6. The van der Waals surface area contributed by atoms with Crippen LogP contribution >= 0.6 is 0 Å². The molecular weight excluding hydrogens is 562 g/mol. The minimum Gasteiger partial charge on any atom is -0.458 e. The van der Waals surface area contributed by atoms with Gasteiger partial charge in [0.15, 0.2) is 18.3 Å². The summed E-state index contributed by atoms with van der Waals surface area (Å²) in [5.74, 6) is -5.17. The second-order valence-electron chi connectivity index (χ2n) is 11.3. The third kappa shape index (κ3) is 4.97. The van der Waals surface area contributed by atoms with Crippen LogP contribution in [-0.4, -0.2) is 78.2 Å². The number of carbonyl (C=O) groups is 4. The van der Waals surface area contributed by atoms with Gasteiger partial charge in [-0.05, 0) is 51.4 Å². The van der Waals surface area contributed by atoms with E-state index in [0.717, 1.165) is 51.4 Å². The van der Waals surface area contributed by atoms with E-state index in [1.165, 1.54) is 0 Å². The number of esters is 4. The first-order chi connectivity index (χ1) is 18.7. The molecule has 1 N–H and O–H groups in total. The Balaban J connectivity index is 1.20. The lowest BCUT2D eigenvalue weighted by Gasteiger charge is -2.37. The van der Waals surface area contributed by atoms with E-state index in [4.69, 9.17) is 23.5 Å². The zero-order chi connectivity index (χ0) is 29.0. The van der Waals surface area contributed by atoms with E-state index in [1.54, 1.807) is 0 Å². The number of fused-ring (bicyclic) bond motifs is 1. The van der Waals surface area contributed by atoms with Crippen molar-refractivity contribution in [1.29, 1.82) is 0 Å². The number of hydrogen-bond donors (Lipinski definition) is 1. The first-order valence-electron chi connectivity index (χ1n) is 13.6. The summed E-state index contributed by atoms with van der Waals surface area (Å²) in [6, 6.07) is 0. The molecular formula is C25H32F2O12S. The van der Waals surface area contributed by atoms with Crippen LogP contribution in [0.5, 0.6) is 0 Å². The Hall–Kier alpha value is -2.39. The quantitative estimate of drug-likeness (QED) is 0.222. The summed E-state index contributed by atoms with van der Waals surface area (Å²) in [4.78, 5) is 50.7. The van der Waals surface area contributed by atoms with Gasteiger partial charge in [0.05, 0.1) is 12.8 Å². The molecule has 0 aromatic carbocycles. The fraction of sp³-hybridized carbons (Fsp3) is 0.840. The molecule has 0 spiro atoms. The Morgan fingerprint density at radius 2 is 1.68 bits per heavy atom. The first-order valence-corrected chi connectivity index (χ1v) is 15.0. The molecule has 2 saturated carbocycles. The molecule has 12 nitrogen and oxygen atoms in total. The number of ether oxygens (including phenoxy) is 5. The van der Waals surface area contributed by atoms with Crippen molar-refractivity contribution in [2.24, 2.45) is 17.8 Å². The maximum Gasteiger partial charge on any atom is 0.405 e. The molecule has 3 saturated heterocycles. The first kappa shape index (κ1) is 29.1. The molecule has 0 amide bonds. The topological polar surface area (TPSA) is 169 Å². The number of hydrogen-bond acceptors (Lipinski definition) is 11. The monoisotopic (exact) mass is 594 g/mol. The van der Waals surface area contributed by atoms with Gasteiger partial charge in [0.2, 0.25) is 0 Å². The lowest BCUT2D eigenvalue weighted by Crippen LogP contribution is -2.50. The fourth-order valence-electron chi connectivity index (χ4n) is 6.98. The van der Waals surface area contributed by atoms with Crippen LogP contribution in [0.25, 0.3) is 0 Å². The smallest absolute Gasteiger partial charge is 0.405 e. The molecule has 0 aromatic heterocycles. The summed E-state index contributed by atoms with van der Waals surface area (Å²) < 4.78 is 84.6. The lowest BCUT2D eigenvalue weighted by molar-refractivity contribution is -0.178. The molecule has 5 aliphatic rings. The van der Waals surface area contributed by atoms with Crippen LogP contribution in [-0.2, 0) is 53.0 Å². The summed E-state index contributed by atoms with van der Waals surface area (Å²) in [6.45, 7) is 0.573. The van der Waals surface area contributed by atoms with Crippen molar-refractivity contribution in [3.63, 3.8) is 0 Å². The third-order valence-electron chi connectivity index (χ3n) is 8.96. The van der Waals surface area contributed by atoms with Crippen LogP contribution < -0.4 is 0 Å². The Bertz CT molecular complexity index is 1160. The van der Waals surface area contributed by atoms with Crippen LogP contribution in [0.15, 0.2) is 0 Å². The molecule has 0 radical (unpaired) electrons. The molecule has 5 fully saturated rings. The molecule has 40 heavy (non-hydrogen) atoms. The summed E-state index contributed by atoms with van der Waals surface area (Å²) in [5, 5.41) is -4.75. The largest absolute Gasteiger partial charge is 0.458 e. The molecule has 2 bridgehead atoms. The highest BCUT2D eigenvalue weighted by Crippen LogP contribution is 2.53. The second kappa shape index (κ2) is 10.5. The lowest BCUT2D eigenvalue weighted by atomic mass is 9.78. The Kier molecular flexibility index (Phi) is 7.62. The van der Waals surface area contributed by atoms with E-state index >= 15 is 0 Å². The van der Waals surface area contributed by atoms with Crippen molar-refractivity contribution in [3.05, 3.63) is 0 Å². The average molecular weight is 595 g/mol. The van der Waals surface area contributed by atoms with E-state index in [0.29, 0.717) is 6.92 Å². The molecule has 224 valence electrons. The zero-order valence-corrected chi connectivity index (χ0v) is 22.6. The molecule has 3 aliphatic heterocycles. The highest BCUT2D eigenvalue weighted by Gasteiger charge is 2.72. The van der Waals surface area contributed by atoms with Gasteiger partial charge in [0.1, 0.15) is 29.6 Å². The minimum atomic E-state index is -5.83. The van der Waals surface area contributed by atoms with E-state index in [9.17, 15) is 36.4 Å². The van der Waals surface area contributed by atoms with Crippen LogP contribution in [0.3, 0.4) is 0 Å². The SMILES string of the molecule is CC(OC(=O)CCC(=O)OC1C2OC(=O)C3C2OC1C3C(=O)OC1(C2CCCC2)CCCC1)C(F)(F)S(=O)(=O)O. The van der Waals surface area contributed by atoms with Crippen molar-refractivity contribution in [2.45, 2.75) is 113 Å². The van der Waals surface area contributed by atoms with E-state index < -0.39 is 100 Å². The average Bonchev–Trinajstić information content (AvgIpc) is 3.68. The van der Waals surface area contributed by atoms with Gasteiger partial charge in [-0.25, -0.2) is 0 Å². The number of carbonyl (C=O) groups excluding carboxylic acids is 4. The van der Waals surface area contributed by atoms with Gasteiger partial charge < -0.3 is 23.7 Å². The highest BCUT2D eigenvalue weighted by atomic mass is 32.2. The zero-order valence-electron chi connectivity index (χ0n) is 21.8. The van der Waals surface area contributed by atoms with Crippen molar-refractivity contribution >= 4 is 34.0 Å². The standard InChI is InChI=1S/C25H32F2O12S/c1-12(25(26,27)40(32,33)34)35-14(28)8-9-15(29)36-20-19-17(16-18(37-19)21(20)38-22(16)30)23(31)39-24(10-4-5-11-24)13-6-2-3-7-13/h12-13,16-21H,2-11H2,1H3,(H,32,33,34). The van der Waals surface area contributed by atoms with Gasteiger partial charge in [-0.1, -0.05) is 12.8 Å². The van der Waals surface area contributed by atoms with Crippen molar-refractivity contribution in [1.82, 2.24) is 0 Å². The summed E-state index contributed by atoms with van der Waals surface area (Å²) in [5.41, 5.74) is -0.576. The predicted octanol–water partition coefficient (Wildman–Crippen LogP) is 2.08. The summed E-state index contributed by atoms with van der Waals surface area (Å²) in [7, 11) is -5.83. The highest BCUT2D eigenvalue weighted by molar-refractivity contribution is 7.86. The summed E-state index contributed by atoms with van der Waals surface area (Å²) in [6.07, 6.45) is -0.263. The molecule has 7 atom stereocenters. The third-order valence-corrected chi connectivity index (χ3v) is 9.98. The summed E-state index contributed by atoms with van der Waals surface area (Å²) >= 11 is 0. The molecule has 0 aromatic rings. The molecule has 7 unspecified atom stereocenters. The van der Waals surface area contributed by atoms with Crippen molar-refractivity contribution in [3.8, 4) is 0 Å². The Labute approximate surface area is 229 Å². The second-order valence-corrected chi connectivity index (χ2v) is 12.8. The van der Waals surface area contributed by atoms with Gasteiger partial charge in [-0.2, -0.15) is 17.2 Å². The number of rotatable bonds is 10. The van der Waals surface area contributed by atoms with Gasteiger partial charge in [0, 0.05) is 0 Å². The van der Waals surface area contributed by atoms with E-state index in [2.05, 4.69) is 4.74 Å². The normalized spacial score (nSPS) is 33.5. The maximum atomic E-state index is 13.6. The number of halogens is 2. The van der Waals surface area contributed by atoms with E-state index in [1.807, 2.05) is 0 Å². The molecule has 5 rings (SSSR count). The van der Waals surface area contributed by atoms with Crippen LogP contribution in [0.1, 0.15) is 71.1 Å². The Morgan fingerprint density at radius 1 is 1.05 bits per heavy atom. The Morgan fingerprint density at radius 3 is 2.30 bits per heavy atom. The predicted molar refractivity (Wildman–Crippen MR) is 126 cm³/mol. The van der Waals surface area contributed by atoms with Crippen LogP contribution in [0.4, 0.5) is 8.78 Å². The van der Waals surface area contributed by atoms with E-state index in [-0.39, 0.29) is 5.92 Å². The van der Waals surface area contributed by atoms with Gasteiger partial charge in [-0.15, -0.1) is 0 Å². The fourth-order valence-corrected chi connectivity index (χ4v) is 7.44. The molecule has 3 heterocycles. The van der Waals surface area contributed by atoms with Gasteiger partial charge in [0.25, 0.3) is 0 Å². The van der Waals surface area contributed by atoms with Crippen molar-refractivity contribution < 1.29 is 64.6 Å². The molecule has 15 heteroatoms. The van der Waals surface area contributed by atoms with Crippen molar-refractivity contribution in [2.75, 3.05) is 0 Å². The number of alkyl halides is 2. The molecule has 2 aliphatic carbocycles. The van der Waals surface area contributed by atoms with Crippen LogP contribution in [0, 0.1) is 17.8 Å². The van der Waals surface area contributed by atoms with Crippen LogP contribution in [0.2, 0.25) is 0 Å². The van der Waals surface area contributed by atoms with Gasteiger partial charge in [-0.3, -0.25) is 23.7 Å². The van der Waals surface area contributed by atoms with Gasteiger partial charge >= 0.3 is 39.2 Å². The minimum absolute atomic E-state index is 0.260.